The maximum Gasteiger partial charge on any atom is 0.351 e. The highest BCUT2D eigenvalue weighted by molar-refractivity contribution is 9.10. The number of nitrogens with two attached hydrogens (primary N) is 1. The molecular weight excluding hydrogens is 268 g/mol. The number of hydrogen-bond acceptors (Lipinski definition) is 5. The Morgan fingerprint density at radius 2 is 2.14 bits per heavy atom. The number of rotatable bonds is 1. The fraction of sp³-hybridized carbons (Fsp3) is 0.500. The molecule has 2 N–H and O–H groups in total. The van der Waals surface area contributed by atoms with Crippen LogP contribution in [-0.4, -0.2) is 16.6 Å². The highest BCUT2D eigenvalue weighted by Crippen LogP contribution is 2.27. The number of esters is 1. The third-order valence-corrected chi connectivity index (χ3v) is 2.89. The fourth-order valence-electron chi connectivity index (χ4n) is 0.767. The van der Waals surface area contributed by atoms with E-state index in [0.717, 1.165) is 11.3 Å². The average Bonchev–Trinajstić information content (AvgIpc) is 2.26. The van der Waals surface area contributed by atoms with E-state index in [-0.39, 0.29) is 0 Å². The van der Waals surface area contributed by atoms with Gasteiger partial charge in [-0.2, -0.15) is 0 Å². The first-order valence-corrected chi connectivity index (χ1v) is 5.55. The third-order valence-electron chi connectivity index (χ3n) is 1.19. The maximum atomic E-state index is 11.6. The van der Waals surface area contributed by atoms with Gasteiger partial charge in [-0.05, 0) is 36.7 Å². The highest BCUT2D eigenvalue weighted by atomic mass is 79.9. The van der Waals surface area contributed by atoms with Crippen LogP contribution in [0.25, 0.3) is 0 Å². The Hall–Kier alpha value is -0.620. The Labute approximate surface area is 94.6 Å². The summed E-state index contributed by atoms with van der Waals surface area (Å²) in [6, 6.07) is 0. The Morgan fingerprint density at radius 1 is 1.57 bits per heavy atom. The van der Waals surface area contributed by atoms with Gasteiger partial charge in [0.05, 0.1) is 0 Å². The minimum atomic E-state index is -0.505. The molecule has 0 unspecified atom stereocenters. The van der Waals surface area contributed by atoms with Crippen molar-refractivity contribution in [3.63, 3.8) is 0 Å². The standard InChI is InChI=1S/C8H11BrN2O2S/c1-8(2,3)13-6(12)4-5(9)11-7(10)14-4/h1-3H3,(H2,10,11). The van der Waals surface area contributed by atoms with E-state index in [1.165, 1.54) is 0 Å². The summed E-state index contributed by atoms with van der Waals surface area (Å²) in [7, 11) is 0. The molecule has 0 bridgehead atoms. The second-order valence-electron chi connectivity index (χ2n) is 3.67. The summed E-state index contributed by atoms with van der Waals surface area (Å²) in [6.45, 7) is 5.43. The molecule has 4 nitrogen and oxygen atoms in total. The van der Waals surface area contributed by atoms with Crippen LogP contribution in [0.15, 0.2) is 4.60 Å². The van der Waals surface area contributed by atoms with E-state index in [2.05, 4.69) is 20.9 Å². The summed E-state index contributed by atoms with van der Waals surface area (Å²) in [5.41, 5.74) is 4.95. The summed E-state index contributed by atoms with van der Waals surface area (Å²) in [5.74, 6) is -0.404. The van der Waals surface area contributed by atoms with Crippen molar-refractivity contribution in [1.82, 2.24) is 4.98 Å². The van der Waals surface area contributed by atoms with Crippen molar-refractivity contribution in [2.75, 3.05) is 5.73 Å². The molecular formula is C8H11BrN2O2S. The molecule has 0 spiro atoms. The third kappa shape index (κ3) is 2.95. The summed E-state index contributed by atoms with van der Waals surface area (Å²) in [6.07, 6.45) is 0. The molecule has 1 rings (SSSR count). The van der Waals surface area contributed by atoms with Gasteiger partial charge in [0.1, 0.15) is 15.1 Å². The predicted molar refractivity (Wildman–Crippen MR) is 59.4 cm³/mol. The number of aromatic nitrogens is 1. The maximum absolute atomic E-state index is 11.6. The number of nitrogen functional groups attached to an aromatic ring is 1. The van der Waals surface area contributed by atoms with Crippen molar-refractivity contribution in [3.8, 4) is 0 Å². The number of carbonyl (C=O) groups excluding carboxylic acids is 1. The van der Waals surface area contributed by atoms with Gasteiger partial charge in [0.15, 0.2) is 5.13 Å². The lowest BCUT2D eigenvalue weighted by atomic mass is 10.2. The molecule has 1 aromatic heterocycles. The van der Waals surface area contributed by atoms with Crippen LogP contribution in [0, 0.1) is 0 Å². The minimum absolute atomic E-state index is 0.345. The molecule has 0 aromatic carbocycles. The number of thiazole rings is 1. The van der Waals surface area contributed by atoms with Gasteiger partial charge in [0.2, 0.25) is 0 Å². The first kappa shape index (κ1) is 11.5. The summed E-state index contributed by atoms with van der Waals surface area (Å²) >= 11 is 4.25. The molecule has 0 aliphatic carbocycles. The van der Waals surface area contributed by atoms with Gasteiger partial charge < -0.3 is 10.5 Å². The molecule has 0 amide bonds. The van der Waals surface area contributed by atoms with Crippen molar-refractivity contribution < 1.29 is 9.53 Å². The van der Waals surface area contributed by atoms with Gasteiger partial charge in [-0.3, -0.25) is 0 Å². The van der Waals surface area contributed by atoms with Crippen LogP contribution in [0.2, 0.25) is 0 Å². The van der Waals surface area contributed by atoms with Crippen molar-refractivity contribution in [2.45, 2.75) is 26.4 Å². The van der Waals surface area contributed by atoms with Crippen LogP contribution in [0.4, 0.5) is 5.13 Å². The SMILES string of the molecule is CC(C)(C)OC(=O)c1sc(N)nc1Br. The van der Waals surface area contributed by atoms with Crippen LogP contribution in [0.3, 0.4) is 0 Å². The second kappa shape index (κ2) is 3.86. The van der Waals surface area contributed by atoms with Gasteiger partial charge in [-0.1, -0.05) is 11.3 Å². The van der Waals surface area contributed by atoms with E-state index in [9.17, 15) is 4.79 Å². The number of ether oxygens (including phenoxy) is 1. The van der Waals surface area contributed by atoms with Crippen molar-refractivity contribution >= 4 is 38.4 Å². The number of nitrogens with zero attached hydrogens (tertiary/aromatic N) is 1. The Morgan fingerprint density at radius 3 is 2.50 bits per heavy atom. The van der Waals surface area contributed by atoms with Crippen molar-refractivity contribution in [2.24, 2.45) is 0 Å². The molecule has 0 atom stereocenters. The molecule has 1 aromatic rings. The average molecular weight is 279 g/mol. The molecule has 0 radical (unpaired) electrons. The van der Waals surface area contributed by atoms with E-state index in [4.69, 9.17) is 10.5 Å². The van der Waals surface area contributed by atoms with Gasteiger partial charge in [-0.15, -0.1) is 0 Å². The molecule has 1 heterocycles. The van der Waals surface area contributed by atoms with Gasteiger partial charge in [0.25, 0.3) is 0 Å². The lowest BCUT2D eigenvalue weighted by Gasteiger charge is -2.18. The Kier molecular flexibility index (Phi) is 3.16. The van der Waals surface area contributed by atoms with Crippen LogP contribution < -0.4 is 5.73 Å². The first-order chi connectivity index (χ1) is 6.29. The topological polar surface area (TPSA) is 65.2 Å². The van der Waals surface area contributed by atoms with Crippen LogP contribution in [0.1, 0.15) is 30.4 Å². The van der Waals surface area contributed by atoms with E-state index in [0.29, 0.717) is 14.6 Å². The van der Waals surface area contributed by atoms with E-state index in [1.807, 2.05) is 20.8 Å². The van der Waals surface area contributed by atoms with Crippen molar-refractivity contribution in [1.29, 1.82) is 0 Å². The zero-order valence-electron chi connectivity index (χ0n) is 8.13. The zero-order valence-corrected chi connectivity index (χ0v) is 10.5. The number of halogens is 1. The van der Waals surface area contributed by atoms with Crippen LogP contribution >= 0.6 is 27.3 Å². The summed E-state index contributed by atoms with van der Waals surface area (Å²) < 4.78 is 5.60. The van der Waals surface area contributed by atoms with Gasteiger partial charge in [-0.25, -0.2) is 9.78 Å². The molecule has 0 saturated carbocycles. The molecule has 0 aliphatic heterocycles. The van der Waals surface area contributed by atoms with Crippen LogP contribution in [-0.2, 0) is 4.74 Å². The number of anilines is 1. The van der Waals surface area contributed by atoms with Crippen molar-refractivity contribution in [3.05, 3.63) is 9.48 Å². The van der Waals surface area contributed by atoms with Gasteiger partial charge >= 0.3 is 5.97 Å². The lowest BCUT2D eigenvalue weighted by molar-refractivity contribution is 0.00740. The largest absolute Gasteiger partial charge is 0.456 e. The van der Waals surface area contributed by atoms with E-state index >= 15 is 0 Å². The van der Waals surface area contributed by atoms with E-state index < -0.39 is 11.6 Å². The number of carbonyl (C=O) groups is 1. The predicted octanol–water partition coefficient (Wildman–Crippen LogP) is 2.44. The monoisotopic (exact) mass is 278 g/mol. The molecule has 0 aliphatic rings. The summed E-state index contributed by atoms with van der Waals surface area (Å²) in [4.78, 5) is 15.8. The number of hydrogen-bond donors (Lipinski definition) is 1. The normalized spacial score (nSPS) is 11.4. The second-order valence-corrected chi connectivity index (χ2v) is 5.46. The van der Waals surface area contributed by atoms with Crippen LogP contribution in [0.5, 0.6) is 0 Å². The van der Waals surface area contributed by atoms with Gasteiger partial charge in [0, 0.05) is 0 Å². The fourth-order valence-corrected chi connectivity index (χ4v) is 2.08. The smallest absolute Gasteiger partial charge is 0.351 e. The highest BCUT2D eigenvalue weighted by Gasteiger charge is 2.22. The molecule has 0 saturated heterocycles. The Balaban J connectivity index is 2.85. The molecule has 78 valence electrons. The summed E-state index contributed by atoms with van der Waals surface area (Å²) in [5, 5.41) is 0.345. The molecule has 6 heteroatoms. The molecule has 0 fully saturated rings. The molecule has 14 heavy (non-hydrogen) atoms. The van der Waals surface area contributed by atoms with E-state index in [1.54, 1.807) is 0 Å². The quantitative estimate of drug-likeness (QED) is 0.802. The Bertz CT molecular complexity index is 357. The first-order valence-electron chi connectivity index (χ1n) is 3.95. The zero-order chi connectivity index (χ0) is 10.9. The lowest BCUT2D eigenvalue weighted by Crippen LogP contribution is -2.23. The minimum Gasteiger partial charge on any atom is -0.456 e.